The normalized spacial score (nSPS) is 10.2. The van der Waals surface area contributed by atoms with Crippen LogP contribution < -0.4 is 0 Å². The molecule has 0 fully saturated rings. The molecule has 0 unspecified atom stereocenters. The highest BCUT2D eigenvalue weighted by Gasteiger charge is 2.21. The number of aromatic nitrogens is 1. The van der Waals surface area contributed by atoms with Crippen LogP contribution in [-0.2, 0) is 0 Å². The second-order valence-corrected chi connectivity index (χ2v) is 3.68. The van der Waals surface area contributed by atoms with Gasteiger partial charge < -0.3 is 0 Å². The smallest absolute Gasteiger partial charge is 0.258 e. The van der Waals surface area contributed by atoms with Crippen LogP contribution in [0.1, 0.15) is 11.3 Å². The zero-order valence-electron chi connectivity index (χ0n) is 6.97. The van der Waals surface area contributed by atoms with Crippen LogP contribution in [0.25, 0.3) is 0 Å². The van der Waals surface area contributed by atoms with E-state index in [2.05, 4.69) is 20.9 Å². The fourth-order valence-corrected chi connectivity index (χ4v) is 1.68. The number of hydrogen-bond donors (Lipinski definition) is 0. The number of rotatable bonds is 1. The third kappa shape index (κ3) is 1.81. The van der Waals surface area contributed by atoms with E-state index < -0.39 is 4.92 Å². The van der Waals surface area contributed by atoms with Crippen molar-refractivity contribution >= 4 is 33.2 Å². The molecule has 0 atom stereocenters. The second kappa shape index (κ2) is 3.59. The topological polar surface area (TPSA) is 56.0 Å². The summed E-state index contributed by atoms with van der Waals surface area (Å²) in [5.41, 5.74) is 0.879. The lowest BCUT2D eigenvalue weighted by Gasteiger charge is -2.03. The zero-order chi connectivity index (χ0) is 10.2. The molecule has 0 spiro atoms. The minimum absolute atomic E-state index is 0.0162. The van der Waals surface area contributed by atoms with Crippen molar-refractivity contribution in [2.24, 2.45) is 0 Å². The summed E-state index contributed by atoms with van der Waals surface area (Å²) in [6, 6.07) is 0. The molecule has 4 nitrogen and oxygen atoms in total. The summed E-state index contributed by atoms with van der Waals surface area (Å²) in [5, 5.41) is 10.8. The van der Waals surface area contributed by atoms with Gasteiger partial charge in [0.15, 0.2) is 0 Å². The van der Waals surface area contributed by atoms with Gasteiger partial charge in [-0.3, -0.25) is 10.1 Å². The summed E-state index contributed by atoms with van der Waals surface area (Å²) in [5.74, 6) is 0. The Morgan fingerprint density at radius 1 is 1.54 bits per heavy atom. The molecule has 0 saturated heterocycles. The molecule has 0 aliphatic heterocycles. The molecule has 0 aromatic carbocycles. The average molecular weight is 265 g/mol. The lowest BCUT2D eigenvalue weighted by Crippen LogP contribution is -1.98. The van der Waals surface area contributed by atoms with Crippen molar-refractivity contribution in [1.29, 1.82) is 0 Å². The Kier molecular flexibility index (Phi) is 2.87. The van der Waals surface area contributed by atoms with Gasteiger partial charge in [-0.25, -0.2) is 4.98 Å². The highest BCUT2D eigenvalue weighted by atomic mass is 79.9. The van der Waals surface area contributed by atoms with Gasteiger partial charge in [0.2, 0.25) is 0 Å². The van der Waals surface area contributed by atoms with Gasteiger partial charge in [-0.2, -0.15) is 0 Å². The molecule has 0 radical (unpaired) electrons. The Labute approximate surface area is 88.2 Å². The van der Waals surface area contributed by atoms with Gasteiger partial charge in [-0.15, -0.1) is 0 Å². The Morgan fingerprint density at radius 3 is 2.54 bits per heavy atom. The first-order valence-corrected chi connectivity index (χ1v) is 4.58. The second-order valence-electron chi connectivity index (χ2n) is 2.53. The number of hydrogen-bond acceptors (Lipinski definition) is 3. The predicted octanol–water partition coefficient (Wildman–Crippen LogP) is 3.02. The molecular formula is C7H6BrClN2O2. The minimum Gasteiger partial charge on any atom is -0.258 e. The van der Waals surface area contributed by atoms with Crippen LogP contribution in [0, 0.1) is 24.0 Å². The summed E-state index contributed by atoms with van der Waals surface area (Å²) >= 11 is 8.80. The van der Waals surface area contributed by atoms with Gasteiger partial charge in [0.25, 0.3) is 5.69 Å². The van der Waals surface area contributed by atoms with Gasteiger partial charge in [-0.1, -0.05) is 11.6 Å². The van der Waals surface area contributed by atoms with Gasteiger partial charge in [0.05, 0.1) is 16.2 Å². The Balaban J connectivity index is 3.56. The molecule has 1 aromatic heterocycles. The van der Waals surface area contributed by atoms with Crippen molar-refractivity contribution in [1.82, 2.24) is 4.98 Å². The van der Waals surface area contributed by atoms with Crippen LogP contribution in [0.15, 0.2) is 4.47 Å². The number of pyridine rings is 1. The molecule has 0 saturated carbocycles. The van der Waals surface area contributed by atoms with E-state index >= 15 is 0 Å². The monoisotopic (exact) mass is 264 g/mol. The molecule has 6 heteroatoms. The van der Waals surface area contributed by atoms with Crippen LogP contribution >= 0.6 is 27.5 Å². The quantitative estimate of drug-likeness (QED) is 0.445. The van der Waals surface area contributed by atoms with E-state index in [0.29, 0.717) is 15.7 Å². The van der Waals surface area contributed by atoms with E-state index in [0.717, 1.165) is 0 Å². The molecule has 70 valence electrons. The Bertz CT molecular complexity index is 355. The first-order valence-electron chi connectivity index (χ1n) is 3.41. The fraction of sp³-hybridized carbons (Fsp3) is 0.286. The highest BCUT2D eigenvalue weighted by Crippen LogP contribution is 2.33. The Hall–Kier alpha value is -0.680. The molecule has 0 amide bonds. The fourth-order valence-electron chi connectivity index (χ4n) is 0.931. The molecule has 1 aromatic rings. The molecular weight excluding hydrogens is 259 g/mol. The first kappa shape index (κ1) is 10.4. The third-order valence-corrected chi connectivity index (χ3v) is 2.96. The number of halogens is 2. The maximum atomic E-state index is 10.6. The summed E-state index contributed by atoms with van der Waals surface area (Å²) < 4.78 is 0.388. The lowest BCUT2D eigenvalue weighted by atomic mass is 10.2. The minimum atomic E-state index is -0.472. The van der Waals surface area contributed by atoms with E-state index in [1.54, 1.807) is 13.8 Å². The molecule has 0 N–H and O–H groups in total. The van der Waals surface area contributed by atoms with E-state index in [1.165, 1.54) is 0 Å². The number of nitrogens with zero attached hydrogens (tertiary/aromatic N) is 2. The van der Waals surface area contributed by atoms with Crippen LogP contribution in [0.5, 0.6) is 0 Å². The number of aryl methyl sites for hydroxylation is 1. The maximum absolute atomic E-state index is 10.6. The summed E-state index contributed by atoms with van der Waals surface area (Å²) in [6.07, 6.45) is 0. The molecule has 1 rings (SSSR count). The standard InChI is InChI=1S/C7H6BrClN2O2/c1-3-6(11(12)13)5(8)4(2)10-7(3)9/h1-2H3. The van der Waals surface area contributed by atoms with Gasteiger partial charge >= 0.3 is 0 Å². The molecule has 0 aliphatic carbocycles. The first-order chi connectivity index (χ1) is 5.95. The van der Waals surface area contributed by atoms with Crippen molar-refractivity contribution in [2.75, 3.05) is 0 Å². The van der Waals surface area contributed by atoms with Gasteiger partial charge in [-0.05, 0) is 29.8 Å². The third-order valence-electron chi connectivity index (χ3n) is 1.64. The van der Waals surface area contributed by atoms with Gasteiger partial charge in [0.1, 0.15) is 9.63 Å². The van der Waals surface area contributed by atoms with Crippen LogP contribution in [0.3, 0.4) is 0 Å². The summed E-state index contributed by atoms with van der Waals surface area (Å²) in [7, 11) is 0. The largest absolute Gasteiger partial charge is 0.291 e. The lowest BCUT2D eigenvalue weighted by molar-refractivity contribution is -0.386. The zero-order valence-corrected chi connectivity index (χ0v) is 9.31. The van der Waals surface area contributed by atoms with Crippen molar-refractivity contribution in [2.45, 2.75) is 13.8 Å². The molecule has 1 heterocycles. The van der Waals surface area contributed by atoms with Crippen molar-refractivity contribution in [3.63, 3.8) is 0 Å². The highest BCUT2D eigenvalue weighted by molar-refractivity contribution is 9.10. The van der Waals surface area contributed by atoms with E-state index in [4.69, 9.17) is 11.6 Å². The predicted molar refractivity (Wildman–Crippen MR) is 53.1 cm³/mol. The van der Waals surface area contributed by atoms with Crippen LogP contribution in [0.4, 0.5) is 5.69 Å². The van der Waals surface area contributed by atoms with Gasteiger partial charge in [0, 0.05) is 0 Å². The van der Waals surface area contributed by atoms with Crippen LogP contribution in [0.2, 0.25) is 5.15 Å². The average Bonchev–Trinajstić information content (AvgIpc) is 2.01. The summed E-state index contributed by atoms with van der Waals surface area (Å²) in [6.45, 7) is 3.22. The Morgan fingerprint density at radius 2 is 2.08 bits per heavy atom. The van der Waals surface area contributed by atoms with E-state index in [1.807, 2.05) is 0 Å². The SMILES string of the molecule is Cc1nc(Cl)c(C)c([N+](=O)[O-])c1Br. The number of nitro groups is 1. The van der Waals surface area contributed by atoms with Crippen molar-refractivity contribution < 1.29 is 4.92 Å². The van der Waals surface area contributed by atoms with E-state index in [-0.39, 0.29) is 10.8 Å². The van der Waals surface area contributed by atoms with Crippen molar-refractivity contribution in [3.8, 4) is 0 Å². The molecule has 0 bridgehead atoms. The van der Waals surface area contributed by atoms with E-state index in [9.17, 15) is 10.1 Å². The van der Waals surface area contributed by atoms with Crippen LogP contribution in [-0.4, -0.2) is 9.91 Å². The summed E-state index contributed by atoms with van der Waals surface area (Å²) in [4.78, 5) is 14.1. The maximum Gasteiger partial charge on any atom is 0.291 e. The van der Waals surface area contributed by atoms with Crippen molar-refractivity contribution in [3.05, 3.63) is 31.0 Å². The molecule has 13 heavy (non-hydrogen) atoms. The molecule has 0 aliphatic rings.